The third-order valence-electron chi connectivity index (χ3n) is 5.51. The number of hydrogen-bond donors (Lipinski definition) is 3. The number of carbonyl (C=O) groups is 3. The van der Waals surface area contributed by atoms with Crippen molar-refractivity contribution in [3.63, 3.8) is 0 Å². The van der Waals surface area contributed by atoms with Gasteiger partial charge in [0, 0.05) is 24.8 Å². The highest BCUT2D eigenvalue weighted by Gasteiger charge is 2.48. The van der Waals surface area contributed by atoms with Gasteiger partial charge in [-0.15, -0.1) is 0 Å². The Morgan fingerprint density at radius 3 is 2.69 bits per heavy atom. The molecule has 0 aromatic carbocycles. The first-order valence-corrected chi connectivity index (χ1v) is 10.7. The normalized spacial score (nSPS) is 25.3. The molecule has 0 saturated carbocycles. The van der Waals surface area contributed by atoms with Crippen LogP contribution >= 0.6 is 0 Å². The van der Waals surface area contributed by atoms with Crippen LogP contribution in [-0.4, -0.2) is 55.0 Å². The van der Waals surface area contributed by atoms with Crippen molar-refractivity contribution in [2.75, 3.05) is 19.7 Å². The highest BCUT2D eigenvalue weighted by Crippen LogP contribution is 2.44. The number of hydrogen-bond acceptors (Lipinski definition) is 5. The van der Waals surface area contributed by atoms with E-state index in [9.17, 15) is 14.4 Å². The molecule has 2 aliphatic rings. The van der Waals surface area contributed by atoms with Crippen molar-refractivity contribution in [1.82, 2.24) is 10.6 Å². The van der Waals surface area contributed by atoms with E-state index in [0.717, 1.165) is 38.5 Å². The van der Waals surface area contributed by atoms with Crippen LogP contribution in [0.5, 0.6) is 0 Å². The lowest BCUT2D eigenvalue weighted by Crippen LogP contribution is -2.39. The predicted molar refractivity (Wildman–Crippen MR) is 107 cm³/mol. The summed E-state index contributed by atoms with van der Waals surface area (Å²) in [6.07, 6.45) is 10.4. The number of amides is 2. The Morgan fingerprint density at radius 2 is 1.93 bits per heavy atom. The first-order chi connectivity index (χ1) is 14.0. The maximum Gasteiger partial charge on any atom is 0.407 e. The summed E-state index contributed by atoms with van der Waals surface area (Å²) in [5, 5.41) is 13.9. The van der Waals surface area contributed by atoms with E-state index < -0.39 is 12.1 Å². The molecular formula is C21H34N2O6. The molecule has 0 unspecified atom stereocenters. The molecule has 0 radical (unpaired) electrons. The summed E-state index contributed by atoms with van der Waals surface area (Å²) in [6, 6.07) is 0. The molecule has 8 nitrogen and oxygen atoms in total. The monoisotopic (exact) mass is 410 g/mol. The standard InChI is InChI=1S/C21H34N2O6/c1-2-3-12-22-19(24)13-23-21(27)28-14-16-15(17-10-11-18(16)29-17)8-6-4-5-7-9-20(25)26/h6,8,15-18H,2-5,7,9-14H2,1H3,(H,22,24)(H,23,27)(H,25,26)/t15-,16+,17-,18+/m0/s1. The van der Waals surface area contributed by atoms with E-state index in [1.54, 1.807) is 0 Å². The van der Waals surface area contributed by atoms with Gasteiger partial charge < -0.3 is 25.2 Å². The molecule has 2 bridgehead atoms. The van der Waals surface area contributed by atoms with Gasteiger partial charge in [0.15, 0.2) is 0 Å². The summed E-state index contributed by atoms with van der Waals surface area (Å²) in [6.45, 7) is 2.83. The van der Waals surface area contributed by atoms with Gasteiger partial charge in [-0.05, 0) is 38.5 Å². The third kappa shape index (κ3) is 8.04. The van der Waals surface area contributed by atoms with Gasteiger partial charge in [-0.1, -0.05) is 25.5 Å². The Kier molecular flexibility index (Phi) is 9.97. The lowest BCUT2D eigenvalue weighted by molar-refractivity contribution is -0.137. The zero-order valence-corrected chi connectivity index (χ0v) is 17.2. The van der Waals surface area contributed by atoms with Gasteiger partial charge >= 0.3 is 12.1 Å². The molecule has 8 heteroatoms. The van der Waals surface area contributed by atoms with E-state index in [1.807, 2.05) is 6.92 Å². The zero-order valence-electron chi connectivity index (χ0n) is 17.2. The van der Waals surface area contributed by atoms with Crippen molar-refractivity contribution < 1.29 is 29.0 Å². The van der Waals surface area contributed by atoms with Crippen LogP contribution in [0.1, 0.15) is 58.3 Å². The average Bonchev–Trinajstić information content (AvgIpc) is 3.29. The van der Waals surface area contributed by atoms with Crippen LogP contribution in [0.3, 0.4) is 0 Å². The maximum absolute atomic E-state index is 11.9. The van der Waals surface area contributed by atoms with Crippen LogP contribution < -0.4 is 10.6 Å². The van der Waals surface area contributed by atoms with Crippen LogP contribution in [0, 0.1) is 11.8 Å². The fraction of sp³-hybridized carbons (Fsp3) is 0.762. The smallest absolute Gasteiger partial charge is 0.407 e. The summed E-state index contributed by atoms with van der Waals surface area (Å²) < 4.78 is 11.3. The molecule has 2 amide bonds. The zero-order chi connectivity index (χ0) is 21.1. The van der Waals surface area contributed by atoms with E-state index in [1.165, 1.54) is 0 Å². The molecule has 2 aliphatic heterocycles. The quantitative estimate of drug-likeness (QED) is 0.318. The Balaban J connectivity index is 1.68. The molecule has 2 heterocycles. The lowest BCUT2D eigenvalue weighted by atomic mass is 9.79. The number of carboxylic acids is 1. The van der Waals surface area contributed by atoms with Crippen LogP contribution in [-0.2, 0) is 19.1 Å². The third-order valence-corrected chi connectivity index (χ3v) is 5.51. The molecule has 3 N–H and O–H groups in total. The van der Waals surface area contributed by atoms with Gasteiger partial charge in [0.05, 0.1) is 25.4 Å². The largest absolute Gasteiger partial charge is 0.481 e. The summed E-state index contributed by atoms with van der Waals surface area (Å²) in [5.74, 6) is -0.654. The van der Waals surface area contributed by atoms with E-state index in [2.05, 4.69) is 22.8 Å². The van der Waals surface area contributed by atoms with E-state index in [0.29, 0.717) is 13.0 Å². The van der Waals surface area contributed by atoms with Crippen LogP contribution in [0.25, 0.3) is 0 Å². The molecule has 29 heavy (non-hydrogen) atoms. The molecule has 0 aromatic heterocycles. The number of aliphatic carboxylic acids is 1. The summed E-state index contributed by atoms with van der Waals surface area (Å²) >= 11 is 0. The molecule has 0 aliphatic carbocycles. The number of carbonyl (C=O) groups excluding carboxylic acids is 2. The molecule has 2 fully saturated rings. The molecular weight excluding hydrogens is 376 g/mol. The van der Waals surface area contributed by atoms with Crippen LogP contribution in [0.15, 0.2) is 12.2 Å². The van der Waals surface area contributed by atoms with E-state index in [4.69, 9.17) is 14.6 Å². The number of allylic oxidation sites excluding steroid dienone is 1. The summed E-state index contributed by atoms with van der Waals surface area (Å²) in [7, 11) is 0. The van der Waals surface area contributed by atoms with E-state index >= 15 is 0 Å². The fourth-order valence-electron chi connectivity index (χ4n) is 3.93. The van der Waals surface area contributed by atoms with Gasteiger partial charge in [0.25, 0.3) is 0 Å². The van der Waals surface area contributed by atoms with Crippen molar-refractivity contribution in [1.29, 1.82) is 0 Å². The number of nitrogens with one attached hydrogen (secondary N) is 2. The molecule has 0 spiro atoms. The van der Waals surface area contributed by atoms with Gasteiger partial charge in [0.2, 0.25) is 5.91 Å². The van der Waals surface area contributed by atoms with Gasteiger partial charge in [-0.2, -0.15) is 0 Å². The Labute approximate surface area is 172 Å². The second-order valence-electron chi connectivity index (χ2n) is 7.75. The Morgan fingerprint density at radius 1 is 1.14 bits per heavy atom. The van der Waals surface area contributed by atoms with Crippen LogP contribution in [0.2, 0.25) is 0 Å². The number of ether oxygens (including phenoxy) is 2. The average molecular weight is 411 g/mol. The van der Waals surface area contributed by atoms with Gasteiger partial charge in [-0.3, -0.25) is 9.59 Å². The van der Waals surface area contributed by atoms with Crippen molar-refractivity contribution in [2.45, 2.75) is 70.5 Å². The SMILES string of the molecule is CCCCNC(=O)CNC(=O)OC[C@@H]1[C@H](C=CCCCCC(=O)O)[C@@H]2CC[C@H]1O2. The number of alkyl carbamates (subject to hydrolysis) is 1. The summed E-state index contributed by atoms with van der Waals surface area (Å²) in [4.78, 5) is 34.1. The predicted octanol–water partition coefficient (Wildman–Crippen LogP) is 2.62. The van der Waals surface area contributed by atoms with Crippen molar-refractivity contribution in [2.24, 2.45) is 11.8 Å². The number of unbranched alkanes of at least 4 members (excludes halogenated alkanes) is 3. The van der Waals surface area contributed by atoms with Crippen LogP contribution in [0.4, 0.5) is 4.79 Å². The molecule has 0 aromatic rings. The number of fused-ring (bicyclic) bond motifs is 2. The molecule has 164 valence electrons. The molecule has 2 rings (SSSR count). The van der Waals surface area contributed by atoms with E-state index in [-0.39, 0.29) is 49.5 Å². The minimum Gasteiger partial charge on any atom is -0.481 e. The molecule has 4 atom stereocenters. The topological polar surface area (TPSA) is 114 Å². The minimum atomic E-state index is -0.760. The maximum atomic E-state index is 11.9. The first kappa shape index (κ1) is 23.2. The Bertz CT molecular complexity index is 580. The van der Waals surface area contributed by atoms with Gasteiger partial charge in [-0.25, -0.2) is 4.79 Å². The second kappa shape index (κ2) is 12.5. The van der Waals surface area contributed by atoms with Crippen molar-refractivity contribution >= 4 is 18.0 Å². The number of carboxylic acid groups (broad SMARTS) is 1. The van der Waals surface area contributed by atoms with Gasteiger partial charge in [0.1, 0.15) is 0 Å². The highest BCUT2D eigenvalue weighted by atomic mass is 16.6. The first-order valence-electron chi connectivity index (χ1n) is 10.7. The lowest BCUT2D eigenvalue weighted by Gasteiger charge is -2.25. The molecule has 2 saturated heterocycles. The number of rotatable bonds is 13. The highest BCUT2D eigenvalue weighted by molar-refractivity contribution is 5.82. The minimum absolute atomic E-state index is 0.0879. The second-order valence-corrected chi connectivity index (χ2v) is 7.75. The fourth-order valence-corrected chi connectivity index (χ4v) is 3.93. The summed E-state index contributed by atoms with van der Waals surface area (Å²) in [5.41, 5.74) is 0. The van der Waals surface area contributed by atoms with Crippen molar-refractivity contribution in [3.8, 4) is 0 Å². The Hall–Kier alpha value is -2.09. The van der Waals surface area contributed by atoms with Crippen molar-refractivity contribution in [3.05, 3.63) is 12.2 Å².